The van der Waals surface area contributed by atoms with Gasteiger partial charge in [-0.15, -0.1) is 0 Å². The standard InChI is InChI=1S/C22H24N2/c1-2-5-19-13-21-9-8-16(12-18(19)4-1)14-24(21)15-20-7-3-6-17-10-11-23-22(17)20/h1-7,10-11,16,21,23H,8-9,12-15H2/t16-,21-/m1/s1. The fourth-order valence-corrected chi connectivity index (χ4v) is 4.79. The minimum absolute atomic E-state index is 0.688. The molecule has 0 spiro atoms. The molecule has 1 N–H and O–H groups in total. The first-order valence-electron chi connectivity index (χ1n) is 9.22. The van der Waals surface area contributed by atoms with Crippen LogP contribution in [-0.4, -0.2) is 22.5 Å². The highest BCUT2D eigenvalue weighted by Crippen LogP contribution is 2.33. The van der Waals surface area contributed by atoms with Crippen molar-refractivity contribution < 1.29 is 0 Å². The summed E-state index contributed by atoms with van der Waals surface area (Å²) in [5.74, 6) is 0.811. The second-order valence-corrected chi connectivity index (χ2v) is 7.56. The van der Waals surface area contributed by atoms with E-state index in [1.807, 2.05) is 0 Å². The lowest BCUT2D eigenvalue weighted by Gasteiger charge is -2.42. The molecule has 1 saturated heterocycles. The van der Waals surface area contributed by atoms with Crippen molar-refractivity contribution in [2.45, 2.75) is 38.3 Å². The van der Waals surface area contributed by atoms with Crippen molar-refractivity contribution in [1.29, 1.82) is 0 Å². The first-order valence-corrected chi connectivity index (χ1v) is 9.22. The van der Waals surface area contributed by atoms with Crippen molar-refractivity contribution in [3.63, 3.8) is 0 Å². The highest BCUT2D eigenvalue weighted by Gasteiger charge is 2.31. The minimum atomic E-state index is 0.688. The lowest BCUT2D eigenvalue weighted by atomic mass is 9.80. The Bertz CT molecular complexity index is 863. The van der Waals surface area contributed by atoms with Crippen LogP contribution in [0.1, 0.15) is 29.5 Å². The monoisotopic (exact) mass is 316 g/mol. The first kappa shape index (κ1) is 14.3. The number of hydrogen-bond acceptors (Lipinski definition) is 1. The SMILES string of the molecule is c1ccc2c(c1)C[C@H]1CC[C@H](C2)N(Cc2cccc3cc[nH]c23)C1. The molecular weight excluding hydrogens is 292 g/mol. The molecule has 2 nitrogen and oxygen atoms in total. The number of aromatic nitrogens is 1. The molecule has 1 fully saturated rings. The van der Waals surface area contributed by atoms with Crippen LogP contribution in [0.5, 0.6) is 0 Å². The molecule has 6 rings (SSSR count). The average molecular weight is 316 g/mol. The Balaban J connectivity index is 1.46. The van der Waals surface area contributed by atoms with E-state index in [-0.39, 0.29) is 0 Å². The van der Waals surface area contributed by atoms with Crippen molar-refractivity contribution in [3.8, 4) is 0 Å². The van der Waals surface area contributed by atoms with E-state index in [4.69, 9.17) is 0 Å². The number of nitrogens with zero attached hydrogens (tertiary/aromatic N) is 1. The summed E-state index contributed by atoms with van der Waals surface area (Å²) in [6, 6.07) is 18.7. The van der Waals surface area contributed by atoms with Crippen molar-refractivity contribution in [2.75, 3.05) is 6.54 Å². The van der Waals surface area contributed by atoms with E-state index in [1.54, 1.807) is 11.1 Å². The highest BCUT2D eigenvalue weighted by molar-refractivity contribution is 5.82. The largest absolute Gasteiger partial charge is 0.361 e. The summed E-state index contributed by atoms with van der Waals surface area (Å²) in [6.07, 6.45) is 7.27. The van der Waals surface area contributed by atoms with Gasteiger partial charge in [-0.25, -0.2) is 0 Å². The van der Waals surface area contributed by atoms with Gasteiger partial charge in [-0.05, 0) is 59.7 Å². The van der Waals surface area contributed by atoms with Crippen molar-refractivity contribution >= 4 is 10.9 Å². The fraction of sp³-hybridized carbons (Fsp3) is 0.364. The summed E-state index contributed by atoms with van der Waals surface area (Å²) in [5, 5.41) is 1.33. The van der Waals surface area contributed by atoms with Gasteiger partial charge >= 0.3 is 0 Å². The van der Waals surface area contributed by atoms with Crippen molar-refractivity contribution in [1.82, 2.24) is 9.88 Å². The van der Waals surface area contributed by atoms with Crippen molar-refractivity contribution in [2.24, 2.45) is 5.92 Å². The molecule has 24 heavy (non-hydrogen) atoms. The van der Waals surface area contributed by atoms with E-state index in [0.717, 1.165) is 12.5 Å². The number of benzene rings is 2. The maximum absolute atomic E-state index is 3.44. The molecule has 3 aromatic rings. The number of aromatic amines is 1. The molecule has 122 valence electrons. The summed E-state index contributed by atoms with van der Waals surface area (Å²) in [7, 11) is 0. The molecule has 2 aromatic carbocycles. The molecule has 1 aromatic heterocycles. The summed E-state index contributed by atoms with van der Waals surface area (Å²) >= 11 is 0. The van der Waals surface area contributed by atoms with Gasteiger partial charge in [0, 0.05) is 30.8 Å². The Morgan fingerprint density at radius 3 is 2.71 bits per heavy atom. The molecule has 3 aliphatic rings. The molecule has 2 heteroatoms. The second kappa shape index (κ2) is 5.78. The third-order valence-electron chi connectivity index (χ3n) is 6.05. The van der Waals surface area contributed by atoms with Crippen LogP contribution in [0.2, 0.25) is 0 Å². The third kappa shape index (κ3) is 2.46. The van der Waals surface area contributed by atoms with Gasteiger partial charge in [0.15, 0.2) is 0 Å². The second-order valence-electron chi connectivity index (χ2n) is 7.56. The summed E-state index contributed by atoms with van der Waals surface area (Å²) in [5.41, 5.74) is 5.93. The Labute approximate surface area is 143 Å². The number of nitrogens with one attached hydrogen (secondary N) is 1. The topological polar surface area (TPSA) is 19.0 Å². The Hall–Kier alpha value is -2.06. The van der Waals surface area contributed by atoms with Gasteiger partial charge in [0.2, 0.25) is 0 Å². The maximum atomic E-state index is 3.44. The Morgan fingerprint density at radius 1 is 0.917 bits per heavy atom. The summed E-state index contributed by atoms with van der Waals surface area (Å²) in [4.78, 5) is 6.19. The van der Waals surface area contributed by atoms with E-state index in [0.29, 0.717) is 6.04 Å². The molecule has 2 atom stereocenters. The zero-order chi connectivity index (χ0) is 15.9. The Kier molecular flexibility index (Phi) is 3.45. The Morgan fingerprint density at radius 2 is 1.79 bits per heavy atom. The van der Waals surface area contributed by atoms with E-state index in [1.165, 1.54) is 48.7 Å². The van der Waals surface area contributed by atoms with Crippen LogP contribution in [0.4, 0.5) is 0 Å². The quantitative estimate of drug-likeness (QED) is 0.735. The van der Waals surface area contributed by atoms with E-state index >= 15 is 0 Å². The molecule has 0 unspecified atom stereocenters. The molecule has 3 heterocycles. The third-order valence-corrected chi connectivity index (χ3v) is 6.05. The zero-order valence-electron chi connectivity index (χ0n) is 14.0. The number of hydrogen-bond donors (Lipinski definition) is 1. The van der Waals surface area contributed by atoms with E-state index < -0.39 is 0 Å². The molecular formula is C22H24N2. The molecule has 0 amide bonds. The first-order chi connectivity index (χ1) is 11.9. The van der Waals surface area contributed by atoms with Crippen LogP contribution >= 0.6 is 0 Å². The van der Waals surface area contributed by atoms with Crippen LogP contribution in [-0.2, 0) is 19.4 Å². The molecule has 2 bridgehead atoms. The number of fused-ring (bicyclic) bond motifs is 3. The van der Waals surface area contributed by atoms with Crippen LogP contribution in [0.3, 0.4) is 0 Å². The normalized spacial score (nSPS) is 23.8. The summed E-state index contributed by atoms with van der Waals surface area (Å²) < 4.78 is 0. The van der Waals surface area contributed by atoms with Crippen LogP contribution < -0.4 is 0 Å². The smallest absolute Gasteiger partial charge is 0.0499 e. The van der Waals surface area contributed by atoms with Gasteiger partial charge in [0.1, 0.15) is 0 Å². The van der Waals surface area contributed by atoms with E-state index in [9.17, 15) is 0 Å². The van der Waals surface area contributed by atoms with Gasteiger partial charge in [0.05, 0.1) is 0 Å². The van der Waals surface area contributed by atoms with Gasteiger partial charge in [-0.1, -0.05) is 42.5 Å². The van der Waals surface area contributed by atoms with Gasteiger partial charge in [0.25, 0.3) is 0 Å². The number of H-pyrrole nitrogens is 1. The van der Waals surface area contributed by atoms with Crippen LogP contribution in [0, 0.1) is 5.92 Å². The van der Waals surface area contributed by atoms with Crippen molar-refractivity contribution in [3.05, 3.63) is 71.4 Å². The van der Waals surface area contributed by atoms with Crippen LogP contribution in [0.25, 0.3) is 10.9 Å². The number of rotatable bonds is 2. The predicted molar refractivity (Wildman–Crippen MR) is 99.1 cm³/mol. The zero-order valence-corrected chi connectivity index (χ0v) is 14.0. The number of para-hydroxylation sites is 1. The molecule has 2 aliphatic heterocycles. The minimum Gasteiger partial charge on any atom is -0.361 e. The number of piperidine rings is 1. The van der Waals surface area contributed by atoms with Gasteiger partial charge < -0.3 is 4.98 Å². The summed E-state index contributed by atoms with van der Waals surface area (Å²) in [6.45, 7) is 2.32. The average Bonchev–Trinajstić information content (AvgIpc) is 3.05. The van der Waals surface area contributed by atoms with E-state index in [2.05, 4.69) is 64.6 Å². The molecule has 0 saturated carbocycles. The fourth-order valence-electron chi connectivity index (χ4n) is 4.79. The lowest BCUT2D eigenvalue weighted by molar-refractivity contribution is 0.0942. The van der Waals surface area contributed by atoms with Crippen LogP contribution in [0.15, 0.2) is 54.7 Å². The molecule has 1 aliphatic carbocycles. The molecule has 0 radical (unpaired) electrons. The van der Waals surface area contributed by atoms with Gasteiger partial charge in [-0.2, -0.15) is 0 Å². The van der Waals surface area contributed by atoms with Gasteiger partial charge in [-0.3, -0.25) is 4.90 Å². The predicted octanol–water partition coefficient (Wildman–Crippen LogP) is 4.55. The maximum Gasteiger partial charge on any atom is 0.0499 e. The lowest BCUT2D eigenvalue weighted by Crippen LogP contribution is -2.46. The highest BCUT2D eigenvalue weighted by atomic mass is 15.2.